The van der Waals surface area contributed by atoms with Gasteiger partial charge in [-0.1, -0.05) is 12.1 Å². The lowest BCUT2D eigenvalue weighted by Crippen LogP contribution is -2.37. The second-order valence-corrected chi connectivity index (χ2v) is 10.2. The number of carbonyl (C=O) groups is 2. The number of para-hydroxylation sites is 1. The van der Waals surface area contributed by atoms with Gasteiger partial charge in [0, 0.05) is 56.5 Å². The van der Waals surface area contributed by atoms with E-state index in [2.05, 4.69) is 15.3 Å². The van der Waals surface area contributed by atoms with Gasteiger partial charge in [0.2, 0.25) is 5.95 Å². The fraction of sp³-hybridized carbons (Fsp3) is 0.481. The molecule has 0 radical (unpaired) electrons. The minimum absolute atomic E-state index is 0.0415. The van der Waals surface area contributed by atoms with Crippen molar-refractivity contribution >= 4 is 23.5 Å². The summed E-state index contributed by atoms with van der Waals surface area (Å²) in [5.74, 6) is 1.07. The number of anilines is 2. The van der Waals surface area contributed by atoms with Crippen LogP contribution >= 0.6 is 0 Å². The van der Waals surface area contributed by atoms with Crippen LogP contribution in [0.3, 0.4) is 0 Å². The van der Waals surface area contributed by atoms with Gasteiger partial charge >= 0.3 is 6.09 Å². The van der Waals surface area contributed by atoms with E-state index in [1.165, 1.54) is 12.4 Å². The molecule has 0 atom stereocenters. The number of rotatable bonds is 9. The first-order valence-electron chi connectivity index (χ1n) is 12.3. The first-order chi connectivity index (χ1) is 17.6. The molecule has 2 aromatic rings. The van der Waals surface area contributed by atoms with Crippen molar-refractivity contribution in [3.8, 4) is 5.75 Å². The summed E-state index contributed by atoms with van der Waals surface area (Å²) in [5.41, 5.74) is 1.28. The maximum atomic E-state index is 13.2. The Hall–Kier alpha value is -3.69. The normalized spacial score (nSPS) is 14.8. The molecule has 1 N–H and O–H groups in total. The van der Waals surface area contributed by atoms with E-state index in [1.807, 2.05) is 48.2 Å². The van der Waals surface area contributed by atoms with Crippen molar-refractivity contribution in [2.45, 2.75) is 39.2 Å². The minimum Gasteiger partial charge on any atom is -0.486 e. The maximum absolute atomic E-state index is 13.2. The van der Waals surface area contributed by atoms with Crippen LogP contribution in [0.25, 0.3) is 0 Å². The fourth-order valence-corrected chi connectivity index (χ4v) is 3.98. The van der Waals surface area contributed by atoms with Crippen molar-refractivity contribution in [3.05, 3.63) is 54.1 Å². The summed E-state index contributed by atoms with van der Waals surface area (Å²) in [5, 5.41) is 2.50. The fourth-order valence-electron chi connectivity index (χ4n) is 3.98. The van der Waals surface area contributed by atoms with E-state index in [0.717, 1.165) is 24.1 Å². The number of hydrogen-bond acceptors (Lipinski definition) is 8. The Bertz CT molecular complexity index is 1090. The van der Waals surface area contributed by atoms with Crippen LogP contribution in [0.2, 0.25) is 0 Å². The Kier molecular flexibility index (Phi) is 9.43. The number of ether oxygens (including phenoxy) is 2. The Balaban J connectivity index is 1.48. The summed E-state index contributed by atoms with van der Waals surface area (Å²) in [4.78, 5) is 37.7. The lowest BCUT2D eigenvalue weighted by Gasteiger charge is -2.31. The van der Waals surface area contributed by atoms with Gasteiger partial charge in [-0.3, -0.25) is 4.79 Å². The molecule has 0 spiro atoms. The second-order valence-electron chi connectivity index (χ2n) is 10.2. The summed E-state index contributed by atoms with van der Waals surface area (Å²) in [6, 6.07) is 7.69. The molecular formula is C27H36FN5O4. The predicted octanol–water partition coefficient (Wildman–Crippen LogP) is 4.40. The molecule has 2 heterocycles. The number of benzene rings is 1. The summed E-state index contributed by atoms with van der Waals surface area (Å²) in [6.45, 7) is 6.47. The topological polar surface area (TPSA) is 96.9 Å². The van der Waals surface area contributed by atoms with Gasteiger partial charge in [0.25, 0.3) is 0 Å². The molecule has 10 heteroatoms. The zero-order valence-electron chi connectivity index (χ0n) is 22.2. The van der Waals surface area contributed by atoms with Crippen molar-refractivity contribution in [2.75, 3.05) is 50.1 Å². The first kappa shape index (κ1) is 27.9. The molecule has 200 valence electrons. The maximum Gasteiger partial charge on any atom is 0.407 e. The highest BCUT2D eigenvalue weighted by molar-refractivity contribution is 6.02. The molecule has 0 saturated carbocycles. The van der Waals surface area contributed by atoms with Crippen LogP contribution in [0.4, 0.5) is 20.8 Å². The Morgan fingerprint density at radius 2 is 1.81 bits per heavy atom. The molecule has 1 fully saturated rings. The average molecular weight is 514 g/mol. The molecule has 0 unspecified atom stereocenters. The van der Waals surface area contributed by atoms with E-state index in [0.29, 0.717) is 31.1 Å². The standard InChI is InChI=1S/C27H36FN5O4/c1-27(2,3)37-26(35)31-15-19(14-28)18-36-21-16-29-25(30-17-21)33-12-10-20(11-13-33)24(34)22-8-6-7-9-23(22)32(4)5/h6-9,14,16-17,20H,10-13,15,18H2,1-5H3,(H,31,35)/b19-14+. The predicted molar refractivity (Wildman–Crippen MR) is 141 cm³/mol. The minimum atomic E-state index is -0.637. The van der Waals surface area contributed by atoms with Crippen molar-refractivity contribution in [1.29, 1.82) is 0 Å². The smallest absolute Gasteiger partial charge is 0.407 e. The number of nitrogens with one attached hydrogen (secondary N) is 1. The van der Waals surface area contributed by atoms with Crippen LogP contribution in [0.1, 0.15) is 44.0 Å². The van der Waals surface area contributed by atoms with Crippen LogP contribution in [0.5, 0.6) is 5.75 Å². The third-order valence-electron chi connectivity index (χ3n) is 5.85. The van der Waals surface area contributed by atoms with E-state index < -0.39 is 11.7 Å². The Morgan fingerprint density at radius 1 is 1.16 bits per heavy atom. The Morgan fingerprint density at radius 3 is 2.41 bits per heavy atom. The highest BCUT2D eigenvalue weighted by Gasteiger charge is 2.28. The van der Waals surface area contributed by atoms with E-state index >= 15 is 0 Å². The van der Waals surface area contributed by atoms with Gasteiger partial charge in [-0.15, -0.1) is 0 Å². The number of hydrogen-bond donors (Lipinski definition) is 1. The second kappa shape index (κ2) is 12.5. The summed E-state index contributed by atoms with van der Waals surface area (Å²) < 4.78 is 23.9. The molecule has 3 rings (SSSR count). The zero-order valence-corrected chi connectivity index (χ0v) is 22.2. The number of piperidine rings is 1. The molecule has 1 aromatic heterocycles. The molecule has 1 amide bonds. The molecule has 1 saturated heterocycles. The SMILES string of the molecule is CN(C)c1ccccc1C(=O)C1CCN(c2ncc(OC/C(=C/F)CNC(=O)OC(C)(C)C)cn2)CC1. The lowest BCUT2D eigenvalue weighted by molar-refractivity contribution is 0.0531. The molecule has 0 bridgehead atoms. The summed E-state index contributed by atoms with van der Waals surface area (Å²) in [7, 11) is 3.88. The van der Waals surface area contributed by atoms with Crippen LogP contribution in [-0.4, -0.2) is 67.8 Å². The lowest BCUT2D eigenvalue weighted by atomic mass is 9.88. The molecule has 0 aliphatic carbocycles. The third kappa shape index (κ3) is 8.16. The molecule has 37 heavy (non-hydrogen) atoms. The number of aromatic nitrogens is 2. The van der Waals surface area contributed by atoms with Crippen LogP contribution in [0.15, 0.2) is 48.6 Å². The van der Waals surface area contributed by atoms with Gasteiger partial charge in [0.05, 0.1) is 18.7 Å². The van der Waals surface area contributed by atoms with Gasteiger partial charge in [-0.05, 0) is 45.7 Å². The number of halogens is 1. The number of nitrogens with zero attached hydrogens (tertiary/aromatic N) is 4. The summed E-state index contributed by atoms with van der Waals surface area (Å²) in [6.07, 6.45) is 4.27. The highest BCUT2D eigenvalue weighted by atomic mass is 19.1. The van der Waals surface area contributed by atoms with Gasteiger partial charge in [0.15, 0.2) is 11.5 Å². The van der Waals surface area contributed by atoms with E-state index in [1.54, 1.807) is 20.8 Å². The molecular weight excluding hydrogens is 477 g/mol. The monoisotopic (exact) mass is 513 g/mol. The molecule has 1 aliphatic heterocycles. The number of Topliss-reactive ketones (excluding diaryl/α,β-unsaturated/α-hetero) is 1. The number of carbonyl (C=O) groups excluding carboxylic acids is 2. The van der Waals surface area contributed by atoms with Crippen molar-refractivity contribution in [1.82, 2.24) is 15.3 Å². The molecule has 1 aliphatic rings. The molecule has 1 aromatic carbocycles. The molecule has 9 nitrogen and oxygen atoms in total. The van der Waals surface area contributed by atoms with E-state index in [-0.39, 0.29) is 30.4 Å². The van der Waals surface area contributed by atoms with Crippen molar-refractivity contribution in [2.24, 2.45) is 5.92 Å². The number of amides is 1. The third-order valence-corrected chi connectivity index (χ3v) is 5.85. The summed E-state index contributed by atoms with van der Waals surface area (Å²) >= 11 is 0. The van der Waals surface area contributed by atoms with Gasteiger partial charge in [0.1, 0.15) is 12.2 Å². The van der Waals surface area contributed by atoms with Crippen LogP contribution < -0.4 is 19.9 Å². The van der Waals surface area contributed by atoms with Gasteiger partial charge in [-0.25, -0.2) is 19.2 Å². The number of ketones is 1. The van der Waals surface area contributed by atoms with Gasteiger partial charge < -0.3 is 24.6 Å². The van der Waals surface area contributed by atoms with E-state index in [4.69, 9.17) is 9.47 Å². The van der Waals surface area contributed by atoms with Crippen molar-refractivity contribution < 1.29 is 23.5 Å². The average Bonchev–Trinajstić information content (AvgIpc) is 2.88. The quantitative estimate of drug-likeness (QED) is 0.493. The number of alkyl carbamates (subject to hydrolysis) is 1. The van der Waals surface area contributed by atoms with Crippen molar-refractivity contribution in [3.63, 3.8) is 0 Å². The highest BCUT2D eigenvalue weighted by Crippen LogP contribution is 2.28. The van der Waals surface area contributed by atoms with E-state index in [9.17, 15) is 14.0 Å². The van der Waals surface area contributed by atoms with Crippen LogP contribution in [0, 0.1) is 5.92 Å². The first-order valence-corrected chi connectivity index (χ1v) is 12.3. The Labute approximate surface area is 217 Å². The largest absolute Gasteiger partial charge is 0.486 e. The van der Waals surface area contributed by atoms with Crippen LogP contribution in [-0.2, 0) is 4.74 Å². The zero-order chi connectivity index (χ0) is 27.0. The van der Waals surface area contributed by atoms with Gasteiger partial charge in [-0.2, -0.15) is 0 Å².